The van der Waals surface area contributed by atoms with Gasteiger partial charge in [0.25, 0.3) is 0 Å². The quantitative estimate of drug-likeness (QED) is 0.901. The zero-order chi connectivity index (χ0) is 13.8. The van der Waals surface area contributed by atoms with Gasteiger partial charge in [-0.3, -0.25) is 0 Å². The summed E-state index contributed by atoms with van der Waals surface area (Å²) < 4.78 is 39.1. The van der Waals surface area contributed by atoms with E-state index < -0.39 is 11.6 Å². The van der Waals surface area contributed by atoms with E-state index >= 15 is 0 Å². The zero-order valence-electron chi connectivity index (χ0n) is 10.2. The Morgan fingerprint density at radius 3 is 1.95 bits per heavy atom. The molecule has 2 aromatic carbocycles. The van der Waals surface area contributed by atoms with Gasteiger partial charge in [0, 0.05) is 12.0 Å². The van der Waals surface area contributed by atoms with Crippen LogP contribution in [0, 0.1) is 17.5 Å². The minimum atomic E-state index is -0.607. The third kappa shape index (κ3) is 3.58. The van der Waals surface area contributed by atoms with Crippen molar-refractivity contribution in [3.63, 3.8) is 0 Å². The highest BCUT2D eigenvalue weighted by Gasteiger charge is 2.12. The van der Waals surface area contributed by atoms with E-state index in [9.17, 15) is 13.2 Å². The lowest BCUT2D eigenvalue weighted by Crippen LogP contribution is -2.15. The van der Waals surface area contributed by atoms with Gasteiger partial charge in [-0.1, -0.05) is 12.1 Å². The van der Waals surface area contributed by atoms with E-state index in [4.69, 9.17) is 5.73 Å². The van der Waals surface area contributed by atoms with Crippen molar-refractivity contribution < 1.29 is 13.2 Å². The fourth-order valence-electron chi connectivity index (χ4n) is 2.09. The molecule has 0 saturated carbocycles. The molecule has 0 amide bonds. The predicted molar refractivity (Wildman–Crippen MR) is 68.3 cm³/mol. The standard InChI is InChI=1S/C15H14F3N/c16-13-3-1-11(2-4-13)12(9-19)5-10-6-14(17)8-15(18)7-10/h1-4,6-8,12H,5,9,19H2. The molecule has 4 heteroatoms. The SMILES string of the molecule is NCC(Cc1cc(F)cc(F)c1)c1ccc(F)cc1. The molecule has 0 spiro atoms. The van der Waals surface area contributed by atoms with Crippen molar-refractivity contribution in [1.29, 1.82) is 0 Å². The Morgan fingerprint density at radius 1 is 0.842 bits per heavy atom. The van der Waals surface area contributed by atoms with Gasteiger partial charge in [0.05, 0.1) is 0 Å². The van der Waals surface area contributed by atoms with E-state index in [0.29, 0.717) is 18.5 Å². The first-order valence-corrected chi connectivity index (χ1v) is 5.99. The molecule has 0 saturated heterocycles. The maximum absolute atomic E-state index is 13.1. The lowest BCUT2D eigenvalue weighted by atomic mass is 9.92. The lowest BCUT2D eigenvalue weighted by molar-refractivity contribution is 0.575. The van der Waals surface area contributed by atoms with Gasteiger partial charge in [-0.2, -0.15) is 0 Å². The van der Waals surface area contributed by atoms with Crippen molar-refractivity contribution in [1.82, 2.24) is 0 Å². The maximum Gasteiger partial charge on any atom is 0.126 e. The molecule has 1 unspecified atom stereocenters. The summed E-state index contributed by atoms with van der Waals surface area (Å²) in [6, 6.07) is 9.39. The van der Waals surface area contributed by atoms with Crippen LogP contribution in [-0.4, -0.2) is 6.54 Å². The van der Waals surface area contributed by atoms with Crippen LogP contribution in [0.4, 0.5) is 13.2 Å². The van der Waals surface area contributed by atoms with Gasteiger partial charge in [0.15, 0.2) is 0 Å². The van der Waals surface area contributed by atoms with Crippen LogP contribution in [-0.2, 0) is 6.42 Å². The molecule has 0 heterocycles. The van der Waals surface area contributed by atoms with Gasteiger partial charge in [-0.15, -0.1) is 0 Å². The van der Waals surface area contributed by atoms with Gasteiger partial charge in [-0.25, -0.2) is 13.2 Å². The number of halogens is 3. The minimum Gasteiger partial charge on any atom is -0.330 e. The molecule has 0 bridgehead atoms. The molecule has 0 radical (unpaired) electrons. The van der Waals surface area contributed by atoms with Crippen LogP contribution < -0.4 is 5.73 Å². The molecule has 1 atom stereocenters. The van der Waals surface area contributed by atoms with Crippen molar-refractivity contribution in [2.24, 2.45) is 5.73 Å². The van der Waals surface area contributed by atoms with Crippen LogP contribution in [0.15, 0.2) is 42.5 Å². The number of nitrogens with two attached hydrogens (primary N) is 1. The van der Waals surface area contributed by atoms with E-state index in [-0.39, 0.29) is 11.7 Å². The molecule has 0 aliphatic rings. The Bertz CT molecular complexity index is 532. The first kappa shape index (κ1) is 13.6. The molecule has 0 fully saturated rings. The Labute approximate surface area is 109 Å². The predicted octanol–water partition coefficient (Wildman–Crippen LogP) is 3.39. The molecular formula is C15H14F3N. The van der Waals surface area contributed by atoms with Crippen LogP contribution in [0.5, 0.6) is 0 Å². The van der Waals surface area contributed by atoms with Crippen molar-refractivity contribution in [3.8, 4) is 0 Å². The number of rotatable bonds is 4. The van der Waals surface area contributed by atoms with Crippen LogP contribution >= 0.6 is 0 Å². The van der Waals surface area contributed by atoms with Gasteiger partial charge >= 0.3 is 0 Å². The average Bonchev–Trinajstić information content (AvgIpc) is 2.36. The monoisotopic (exact) mass is 265 g/mol. The minimum absolute atomic E-state index is 0.0956. The molecule has 19 heavy (non-hydrogen) atoms. The Kier molecular flexibility index (Phi) is 4.22. The van der Waals surface area contributed by atoms with E-state index in [1.54, 1.807) is 12.1 Å². The normalized spacial score (nSPS) is 12.4. The number of hydrogen-bond acceptors (Lipinski definition) is 1. The van der Waals surface area contributed by atoms with Crippen LogP contribution in [0.2, 0.25) is 0 Å². The Hall–Kier alpha value is -1.81. The molecule has 0 aliphatic carbocycles. The molecule has 0 aromatic heterocycles. The van der Waals surface area contributed by atoms with Crippen molar-refractivity contribution >= 4 is 0 Å². The summed E-state index contributed by atoms with van der Waals surface area (Å²) in [5.41, 5.74) is 7.08. The smallest absolute Gasteiger partial charge is 0.126 e. The van der Waals surface area contributed by atoms with Gasteiger partial charge in [-0.05, 0) is 48.4 Å². The summed E-state index contributed by atoms with van der Waals surface area (Å²) in [7, 11) is 0. The highest BCUT2D eigenvalue weighted by molar-refractivity contribution is 5.26. The second-order valence-electron chi connectivity index (χ2n) is 4.47. The molecule has 2 aromatic rings. The largest absolute Gasteiger partial charge is 0.330 e. The third-order valence-corrected chi connectivity index (χ3v) is 3.03. The summed E-state index contributed by atoms with van der Waals surface area (Å²) in [4.78, 5) is 0. The Balaban J connectivity index is 2.21. The van der Waals surface area contributed by atoms with Gasteiger partial charge in [0.1, 0.15) is 17.5 Å². The fraction of sp³-hybridized carbons (Fsp3) is 0.200. The summed E-state index contributed by atoms with van der Waals surface area (Å²) >= 11 is 0. The highest BCUT2D eigenvalue weighted by Crippen LogP contribution is 2.21. The summed E-state index contributed by atoms with van der Waals surface area (Å²) in [6.07, 6.45) is 0.414. The lowest BCUT2D eigenvalue weighted by Gasteiger charge is -2.15. The molecule has 0 aliphatic heterocycles. The first-order chi connectivity index (χ1) is 9.08. The number of hydrogen-bond donors (Lipinski definition) is 1. The highest BCUT2D eigenvalue weighted by atomic mass is 19.1. The number of benzene rings is 2. The van der Waals surface area contributed by atoms with Crippen molar-refractivity contribution in [2.75, 3.05) is 6.54 Å². The van der Waals surface area contributed by atoms with Gasteiger partial charge < -0.3 is 5.73 Å². The molecule has 1 nitrogen and oxygen atoms in total. The Morgan fingerprint density at radius 2 is 1.42 bits per heavy atom. The van der Waals surface area contributed by atoms with E-state index in [2.05, 4.69) is 0 Å². The van der Waals surface area contributed by atoms with E-state index in [0.717, 1.165) is 11.6 Å². The van der Waals surface area contributed by atoms with Crippen LogP contribution in [0.25, 0.3) is 0 Å². The van der Waals surface area contributed by atoms with E-state index in [1.165, 1.54) is 24.3 Å². The molecule has 2 rings (SSSR count). The van der Waals surface area contributed by atoms with Crippen LogP contribution in [0.3, 0.4) is 0 Å². The van der Waals surface area contributed by atoms with Crippen LogP contribution in [0.1, 0.15) is 17.0 Å². The molecule has 2 N–H and O–H groups in total. The maximum atomic E-state index is 13.1. The van der Waals surface area contributed by atoms with Crippen molar-refractivity contribution in [3.05, 3.63) is 71.0 Å². The fourth-order valence-corrected chi connectivity index (χ4v) is 2.09. The summed E-state index contributed by atoms with van der Waals surface area (Å²) in [5.74, 6) is -1.63. The first-order valence-electron chi connectivity index (χ1n) is 5.99. The second kappa shape index (κ2) is 5.89. The second-order valence-corrected chi connectivity index (χ2v) is 4.47. The summed E-state index contributed by atoms with van der Waals surface area (Å²) in [6.45, 7) is 0.323. The topological polar surface area (TPSA) is 26.0 Å². The van der Waals surface area contributed by atoms with Gasteiger partial charge in [0.2, 0.25) is 0 Å². The zero-order valence-corrected chi connectivity index (χ0v) is 10.2. The molecule has 100 valence electrons. The van der Waals surface area contributed by atoms with E-state index in [1.807, 2.05) is 0 Å². The van der Waals surface area contributed by atoms with Crippen molar-refractivity contribution in [2.45, 2.75) is 12.3 Å². The third-order valence-electron chi connectivity index (χ3n) is 3.03. The summed E-state index contributed by atoms with van der Waals surface area (Å²) in [5, 5.41) is 0. The molecular weight excluding hydrogens is 251 g/mol. The average molecular weight is 265 g/mol.